The number of para-hydroxylation sites is 1. The van der Waals surface area contributed by atoms with Crippen LogP contribution in [0.3, 0.4) is 0 Å². The van der Waals surface area contributed by atoms with E-state index in [1.807, 2.05) is 18.2 Å². The van der Waals surface area contributed by atoms with Crippen LogP contribution in [0, 0.1) is 0 Å². The SMILES string of the molecule is CCN(CC)S(=O)(=O)c1ccc(Cl)c(C(=O)Nc2c(C(C)C)cccc2C(C)C)c1. The molecule has 2 aromatic carbocycles. The molecule has 5 nitrogen and oxygen atoms in total. The van der Waals surface area contributed by atoms with Gasteiger partial charge in [-0.05, 0) is 41.2 Å². The van der Waals surface area contributed by atoms with E-state index in [1.165, 1.54) is 22.5 Å². The summed E-state index contributed by atoms with van der Waals surface area (Å²) >= 11 is 6.29. The summed E-state index contributed by atoms with van der Waals surface area (Å²) in [6.45, 7) is 12.5. The van der Waals surface area contributed by atoms with Gasteiger partial charge in [0.15, 0.2) is 0 Å². The third-order valence-electron chi connectivity index (χ3n) is 5.14. The fraction of sp³-hybridized carbons (Fsp3) is 0.435. The topological polar surface area (TPSA) is 66.5 Å². The van der Waals surface area contributed by atoms with Crippen molar-refractivity contribution in [2.24, 2.45) is 0 Å². The predicted molar refractivity (Wildman–Crippen MR) is 124 cm³/mol. The van der Waals surface area contributed by atoms with Crippen molar-refractivity contribution in [3.63, 3.8) is 0 Å². The number of nitrogens with zero attached hydrogens (tertiary/aromatic N) is 1. The highest BCUT2D eigenvalue weighted by Crippen LogP contribution is 2.33. The molecule has 2 rings (SSSR count). The van der Waals surface area contributed by atoms with Crippen LogP contribution in [0.15, 0.2) is 41.3 Å². The van der Waals surface area contributed by atoms with Gasteiger partial charge in [0.05, 0.1) is 15.5 Å². The Morgan fingerprint density at radius 2 is 1.53 bits per heavy atom. The Bertz CT molecular complexity index is 987. The smallest absolute Gasteiger partial charge is 0.257 e. The first-order valence-electron chi connectivity index (χ1n) is 10.3. The lowest BCUT2D eigenvalue weighted by Gasteiger charge is -2.21. The van der Waals surface area contributed by atoms with E-state index in [9.17, 15) is 13.2 Å². The average Bonchev–Trinajstić information content (AvgIpc) is 2.68. The fourth-order valence-electron chi connectivity index (χ4n) is 3.43. The predicted octanol–water partition coefficient (Wildman–Crippen LogP) is 5.87. The van der Waals surface area contributed by atoms with Gasteiger partial charge in [-0.1, -0.05) is 71.3 Å². The normalized spacial score (nSPS) is 12.1. The zero-order valence-electron chi connectivity index (χ0n) is 18.5. The van der Waals surface area contributed by atoms with E-state index in [4.69, 9.17) is 11.6 Å². The first kappa shape index (κ1) is 24.4. The molecule has 0 spiro atoms. The van der Waals surface area contributed by atoms with Crippen LogP contribution in [-0.4, -0.2) is 31.7 Å². The summed E-state index contributed by atoms with van der Waals surface area (Å²) in [4.78, 5) is 13.2. The maximum Gasteiger partial charge on any atom is 0.257 e. The van der Waals surface area contributed by atoms with Gasteiger partial charge in [0.1, 0.15) is 0 Å². The lowest BCUT2D eigenvalue weighted by Crippen LogP contribution is -2.30. The number of anilines is 1. The minimum Gasteiger partial charge on any atom is -0.321 e. The van der Waals surface area contributed by atoms with E-state index in [2.05, 4.69) is 33.0 Å². The molecule has 0 aliphatic heterocycles. The van der Waals surface area contributed by atoms with Crippen LogP contribution in [0.2, 0.25) is 5.02 Å². The Kier molecular flexibility index (Phi) is 8.08. The van der Waals surface area contributed by atoms with Gasteiger partial charge in [-0.25, -0.2) is 8.42 Å². The van der Waals surface area contributed by atoms with E-state index in [0.29, 0.717) is 13.1 Å². The Morgan fingerprint density at radius 3 is 2.00 bits per heavy atom. The van der Waals surface area contributed by atoms with Crippen LogP contribution in [0.4, 0.5) is 5.69 Å². The number of benzene rings is 2. The van der Waals surface area contributed by atoms with Crippen LogP contribution < -0.4 is 5.32 Å². The number of amides is 1. The number of sulfonamides is 1. The number of carbonyl (C=O) groups excluding carboxylic acids is 1. The summed E-state index contributed by atoms with van der Waals surface area (Å²) in [5, 5.41) is 3.21. The summed E-state index contributed by atoms with van der Waals surface area (Å²) in [5.41, 5.74) is 2.95. The molecule has 0 saturated carbocycles. The molecule has 0 fully saturated rings. The number of hydrogen-bond acceptors (Lipinski definition) is 3. The van der Waals surface area contributed by atoms with Gasteiger partial charge in [-0.2, -0.15) is 4.31 Å². The number of carbonyl (C=O) groups is 1. The third-order valence-corrected chi connectivity index (χ3v) is 7.51. The molecule has 0 aliphatic carbocycles. The van der Waals surface area contributed by atoms with E-state index in [1.54, 1.807) is 13.8 Å². The van der Waals surface area contributed by atoms with E-state index in [0.717, 1.165) is 16.8 Å². The molecule has 0 unspecified atom stereocenters. The van der Waals surface area contributed by atoms with Gasteiger partial charge in [0.25, 0.3) is 5.91 Å². The average molecular weight is 451 g/mol. The molecule has 0 aliphatic rings. The zero-order valence-corrected chi connectivity index (χ0v) is 20.1. The molecule has 0 radical (unpaired) electrons. The first-order valence-corrected chi connectivity index (χ1v) is 12.1. The van der Waals surface area contributed by atoms with Crippen LogP contribution in [0.25, 0.3) is 0 Å². The van der Waals surface area contributed by atoms with E-state index < -0.39 is 15.9 Å². The Labute approximate surface area is 185 Å². The largest absolute Gasteiger partial charge is 0.321 e. The molecule has 0 bridgehead atoms. The maximum atomic E-state index is 13.2. The molecule has 0 heterocycles. The summed E-state index contributed by atoms with van der Waals surface area (Å²) in [5.74, 6) is -0.000650. The Balaban J connectivity index is 2.52. The standard InChI is InChI=1S/C23H31ClN2O3S/c1-7-26(8-2)30(28,29)17-12-13-21(24)20(14-17)23(27)25-22-18(15(3)4)10-9-11-19(22)16(5)6/h9-16H,7-8H2,1-6H3,(H,25,27). The summed E-state index contributed by atoms with van der Waals surface area (Å²) < 4.78 is 27.1. The Hall–Kier alpha value is -1.89. The lowest BCUT2D eigenvalue weighted by molar-refractivity contribution is 0.102. The highest BCUT2D eigenvalue weighted by atomic mass is 35.5. The number of halogens is 1. The van der Waals surface area contributed by atoms with Gasteiger partial charge < -0.3 is 5.32 Å². The van der Waals surface area contributed by atoms with Crippen molar-refractivity contribution in [3.8, 4) is 0 Å². The molecule has 1 amide bonds. The van der Waals surface area contributed by atoms with Crippen LogP contribution in [0.1, 0.15) is 74.9 Å². The van der Waals surface area contributed by atoms with Crippen molar-refractivity contribution in [3.05, 3.63) is 58.1 Å². The van der Waals surface area contributed by atoms with Crippen molar-refractivity contribution in [1.82, 2.24) is 4.31 Å². The monoisotopic (exact) mass is 450 g/mol. The van der Waals surface area contributed by atoms with E-state index in [-0.39, 0.29) is 27.3 Å². The highest BCUT2D eigenvalue weighted by molar-refractivity contribution is 7.89. The van der Waals surface area contributed by atoms with Gasteiger partial charge in [0, 0.05) is 18.8 Å². The first-order chi connectivity index (χ1) is 14.0. The molecule has 2 aromatic rings. The molecule has 0 aromatic heterocycles. The van der Waals surface area contributed by atoms with Crippen molar-refractivity contribution < 1.29 is 13.2 Å². The molecule has 164 valence electrons. The van der Waals surface area contributed by atoms with Crippen molar-refractivity contribution in [2.45, 2.75) is 58.3 Å². The molecule has 30 heavy (non-hydrogen) atoms. The quantitative estimate of drug-likeness (QED) is 0.546. The molecule has 0 saturated heterocycles. The molecular formula is C23H31ClN2O3S. The van der Waals surface area contributed by atoms with E-state index >= 15 is 0 Å². The van der Waals surface area contributed by atoms with Gasteiger partial charge in [0.2, 0.25) is 10.0 Å². The minimum atomic E-state index is -3.70. The van der Waals surface area contributed by atoms with Gasteiger partial charge in [-0.3, -0.25) is 4.79 Å². The lowest BCUT2D eigenvalue weighted by atomic mass is 9.92. The summed E-state index contributed by atoms with van der Waals surface area (Å²) in [6, 6.07) is 10.2. The zero-order chi connectivity index (χ0) is 22.6. The van der Waals surface area contributed by atoms with Crippen LogP contribution in [-0.2, 0) is 10.0 Å². The maximum absolute atomic E-state index is 13.2. The minimum absolute atomic E-state index is 0.0574. The Morgan fingerprint density at radius 1 is 1.00 bits per heavy atom. The van der Waals surface area contributed by atoms with Crippen LogP contribution in [0.5, 0.6) is 0 Å². The van der Waals surface area contributed by atoms with Crippen molar-refractivity contribution in [2.75, 3.05) is 18.4 Å². The summed E-state index contributed by atoms with van der Waals surface area (Å²) in [7, 11) is -3.70. The number of hydrogen-bond donors (Lipinski definition) is 1. The second-order valence-electron chi connectivity index (χ2n) is 7.81. The molecule has 1 N–H and O–H groups in total. The van der Waals surface area contributed by atoms with Crippen molar-refractivity contribution >= 4 is 33.2 Å². The van der Waals surface area contributed by atoms with Gasteiger partial charge in [-0.15, -0.1) is 0 Å². The van der Waals surface area contributed by atoms with Gasteiger partial charge >= 0.3 is 0 Å². The number of rotatable bonds is 8. The second-order valence-corrected chi connectivity index (χ2v) is 10.2. The molecular weight excluding hydrogens is 420 g/mol. The van der Waals surface area contributed by atoms with Crippen LogP contribution >= 0.6 is 11.6 Å². The second kappa shape index (κ2) is 9.94. The molecule has 7 heteroatoms. The molecule has 0 atom stereocenters. The third kappa shape index (κ3) is 5.05. The number of nitrogens with one attached hydrogen (secondary N) is 1. The summed E-state index contributed by atoms with van der Waals surface area (Å²) in [6.07, 6.45) is 0. The fourth-order valence-corrected chi connectivity index (χ4v) is 5.12. The highest BCUT2D eigenvalue weighted by Gasteiger charge is 2.25. The van der Waals surface area contributed by atoms with Crippen molar-refractivity contribution in [1.29, 1.82) is 0 Å².